The van der Waals surface area contributed by atoms with Gasteiger partial charge in [-0.1, -0.05) is 64.1 Å². The standard InChI is InChI=1S/C24H17BrN4OS/c1-15-6-11-21-26-18(12-22(30)29(21)13-15)14-31-24-19-4-2-3-5-20(19)27-23(28-24)16-7-9-17(25)10-8-16/h2-13H,14H2,1H3. The number of para-hydroxylation sites is 1. The van der Waals surface area contributed by atoms with Gasteiger partial charge >= 0.3 is 0 Å². The fourth-order valence-corrected chi connectivity index (χ4v) is 4.54. The van der Waals surface area contributed by atoms with E-state index in [2.05, 4.69) is 20.9 Å². The molecule has 31 heavy (non-hydrogen) atoms. The Hall–Kier alpha value is -3.03. The number of pyridine rings is 1. The van der Waals surface area contributed by atoms with Gasteiger partial charge in [0.15, 0.2) is 5.82 Å². The first kappa shape index (κ1) is 19.9. The van der Waals surface area contributed by atoms with Crippen LogP contribution < -0.4 is 5.56 Å². The smallest absolute Gasteiger partial charge is 0.258 e. The minimum atomic E-state index is -0.0765. The van der Waals surface area contributed by atoms with Gasteiger partial charge in [0.05, 0.1) is 11.2 Å². The molecular weight excluding hydrogens is 472 g/mol. The lowest BCUT2D eigenvalue weighted by Crippen LogP contribution is -2.15. The molecule has 0 atom stereocenters. The molecule has 0 fully saturated rings. The number of benzene rings is 2. The van der Waals surface area contributed by atoms with Gasteiger partial charge in [0.25, 0.3) is 5.56 Å². The van der Waals surface area contributed by atoms with Crippen molar-refractivity contribution >= 4 is 44.2 Å². The number of aromatic nitrogens is 4. The number of hydrogen-bond acceptors (Lipinski definition) is 5. The topological polar surface area (TPSA) is 60.2 Å². The highest BCUT2D eigenvalue weighted by molar-refractivity contribution is 9.10. The molecule has 152 valence electrons. The normalized spacial score (nSPS) is 11.3. The Morgan fingerprint density at radius 2 is 1.77 bits per heavy atom. The van der Waals surface area contributed by atoms with E-state index in [4.69, 9.17) is 9.97 Å². The van der Waals surface area contributed by atoms with Crippen LogP contribution in [0, 0.1) is 6.92 Å². The van der Waals surface area contributed by atoms with Gasteiger partial charge in [0.1, 0.15) is 10.7 Å². The van der Waals surface area contributed by atoms with E-state index >= 15 is 0 Å². The average molecular weight is 489 g/mol. The van der Waals surface area contributed by atoms with Crippen LogP contribution >= 0.6 is 27.7 Å². The minimum Gasteiger partial charge on any atom is -0.269 e. The first-order chi connectivity index (χ1) is 15.1. The van der Waals surface area contributed by atoms with Crippen LogP contribution in [0.5, 0.6) is 0 Å². The first-order valence-electron chi connectivity index (χ1n) is 9.71. The third kappa shape index (κ3) is 4.11. The second-order valence-electron chi connectivity index (χ2n) is 7.19. The molecule has 3 aromatic heterocycles. The van der Waals surface area contributed by atoms with Crippen LogP contribution in [0.2, 0.25) is 0 Å². The van der Waals surface area contributed by atoms with Gasteiger partial charge in [-0.2, -0.15) is 0 Å². The van der Waals surface area contributed by atoms with E-state index in [0.29, 0.717) is 17.2 Å². The molecule has 0 bridgehead atoms. The summed E-state index contributed by atoms with van der Waals surface area (Å²) in [4.78, 5) is 26.8. The molecule has 0 saturated carbocycles. The highest BCUT2D eigenvalue weighted by Crippen LogP contribution is 2.30. The summed E-state index contributed by atoms with van der Waals surface area (Å²) in [6.45, 7) is 1.96. The van der Waals surface area contributed by atoms with E-state index in [0.717, 1.165) is 37.2 Å². The summed E-state index contributed by atoms with van der Waals surface area (Å²) < 4.78 is 2.59. The Bertz CT molecular complexity index is 1480. The predicted octanol–water partition coefficient (Wildman–Crippen LogP) is 5.67. The molecule has 7 heteroatoms. The van der Waals surface area contributed by atoms with Crippen molar-refractivity contribution in [1.29, 1.82) is 0 Å². The largest absolute Gasteiger partial charge is 0.269 e. The molecule has 0 unspecified atom stereocenters. The van der Waals surface area contributed by atoms with Crippen molar-refractivity contribution in [3.05, 3.63) is 99.0 Å². The maximum Gasteiger partial charge on any atom is 0.258 e. The molecule has 5 rings (SSSR count). The van der Waals surface area contributed by atoms with Crippen molar-refractivity contribution in [3.63, 3.8) is 0 Å². The van der Waals surface area contributed by atoms with Crippen LogP contribution in [0.3, 0.4) is 0 Å². The SMILES string of the molecule is Cc1ccc2nc(CSc3nc(-c4ccc(Br)cc4)nc4ccccc34)cc(=O)n2c1. The summed E-state index contributed by atoms with van der Waals surface area (Å²) in [5, 5.41) is 1.86. The van der Waals surface area contributed by atoms with Crippen molar-refractivity contribution in [2.75, 3.05) is 0 Å². The molecule has 0 amide bonds. The van der Waals surface area contributed by atoms with E-state index in [9.17, 15) is 4.79 Å². The molecule has 0 aliphatic carbocycles. The molecule has 2 aromatic carbocycles. The van der Waals surface area contributed by atoms with E-state index < -0.39 is 0 Å². The monoisotopic (exact) mass is 488 g/mol. The number of nitrogens with zero attached hydrogens (tertiary/aromatic N) is 4. The van der Waals surface area contributed by atoms with Crippen molar-refractivity contribution < 1.29 is 0 Å². The second kappa shape index (κ2) is 8.24. The third-order valence-corrected chi connectivity index (χ3v) is 6.44. The highest BCUT2D eigenvalue weighted by Gasteiger charge is 2.11. The molecule has 0 radical (unpaired) electrons. The number of aryl methyl sites for hydroxylation is 1. The van der Waals surface area contributed by atoms with Gasteiger partial charge < -0.3 is 0 Å². The van der Waals surface area contributed by atoms with Gasteiger partial charge in [-0.3, -0.25) is 9.20 Å². The second-order valence-corrected chi connectivity index (χ2v) is 9.07. The Morgan fingerprint density at radius 3 is 2.61 bits per heavy atom. The van der Waals surface area contributed by atoms with Crippen LogP contribution in [0.1, 0.15) is 11.3 Å². The summed E-state index contributed by atoms with van der Waals surface area (Å²) in [6.07, 6.45) is 1.81. The molecule has 0 saturated heterocycles. The Morgan fingerprint density at radius 1 is 0.968 bits per heavy atom. The van der Waals surface area contributed by atoms with E-state index in [1.54, 1.807) is 22.2 Å². The Labute approximate surface area is 191 Å². The van der Waals surface area contributed by atoms with Gasteiger partial charge in [-0.25, -0.2) is 15.0 Å². The molecule has 0 aliphatic heterocycles. The summed E-state index contributed by atoms with van der Waals surface area (Å²) in [7, 11) is 0. The number of rotatable bonds is 4. The van der Waals surface area contributed by atoms with Crippen molar-refractivity contribution in [2.24, 2.45) is 0 Å². The fourth-order valence-electron chi connectivity index (χ4n) is 3.36. The zero-order chi connectivity index (χ0) is 21.4. The highest BCUT2D eigenvalue weighted by atomic mass is 79.9. The average Bonchev–Trinajstić information content (AvgIpc) is 2.78. The number of hydrogen-bond donors (Lipinski definition) is 0. The lowest BCUT2D eigenvalue weighted by molar-refractivity contribution is 1.000. The molecule has 0 N–H and O–H groups in total. The molecule has 5 aromatic rings. The maximum absolute atomic E-state index is 12.5. The molecule has 0 spiro atoms. The van der Waals surface area contributed by atoms with E-state index in [1.807, 2.05) is 73.8 Å². The Balaban J connectivity index is 1.53. The van der Waals surface area contributed by atoms with Crippen molar-refractivity contribution in [3.8, 4) is 11.4 Å². The lowest BCUT2D eigenvalue weighted by Gasteiger charge is -2.09. The third-order valence-electron chi connectivity index (χ3n) is 4.89. The lowest BCUT2D eigenvalue weighted by atomic mass is 10.2. The zero-order valence-electron chi connectivity index (χ0n) is 16.6. The van der Waals surface area contributed by atoms with E-state index in [1.165, 1.54) is 0 Å². The quantitative estimate of drug-likeness (QED) is 0.241. The number of thioether (sulfide) groups is 1. The summed E-state index contributed by atoms with van der Waals surface area (Å²) >= 11 is 5.04. The number of halogens is 1. The van der Waals surface area contributed by atoms with Crippen LogP contribution in [0.15, 0.2) is 87.2 Å². The van der Waals surface area contributed by atoms with E-state index in [-0.39, 0.29) is 5.56 Å². The summed E-state index contributed by atoms with van der Waals surface area (Å²) in [5.41, 5.74) is 4.16. The molecule has 3 heterocycles. The van der Waals surface area contributed by atoms with Gasteiger partial charge in [0.2, 0.25) is 0 Å². The van der Waals surface area contributed by atoms with Crippen LogP contribution in [0.4, 0.5) is 0 Å². The summed E-state index contributed by atoms with van der Waals surface area (Å²) in [5.74, 6) is 1.22. The van der Waals surface area contributed by atoms with Gasteiger partial charge in [-0.15, -0.1) is 0 Å². The zero-order valence-corrected chi connectivity index (χ0v) is 19.0. The van der Waals surface area contributed by atoms with Crippen molar-refractivity contribution in [2.45, 2.75) is 17.7 Å². The van der Waals surface area contributed by atoms with Crippen molar-refractivity contribution in [1.82, 2.24) is 19.4 Å². The van der Waals surface area contributed by atoms with Crippen LogP contribution in [-0.2, 0) is 5.75 Å². The summed E-state index contributed by atoms with van der Waals surface area (Å²) in [6, 6.07) is 21.4. The molecule has 5 nitrogen and oxygen atoms in total. The fraction of sp³-hybridized carbons (Fsp3) is 0.0833. The minimum absolute atomic E-state index is 0.0765. The molecular formula is C24H17BrN4OS. The first-order valence-corrected chi connectivity index (χ1v) is 11.5. The van der Waals surface area contributed by atoms with Crippen LogP contribution in [-0.4, -0.2) is 19.4 Å². The predicted molar refractivity (Wildman–Crippen MR) is 128 cm³/mol. The maximum atomic E-state index is 12.5. The van der Waals surface area contributed by atoms with Crippen LogP contribution in [0.25, 0.3) is 27.9 Å². The molecule has 0 aliphatic rings. The van der Waals surface area contributed by atoms with Gasteiger partial charge in [-0.05, 0) is 36.8 Å². The number of fused-ring (bicyclic) bond motifs is 2. The Kier molecular flexibility index (Phi) is 5.29. The van der Waals surface area contributed by atoms with Gasteiger partial charge in [0, 0.05) is 33.4 Å².